The summed E-state index contributed by atoms with van der Waals surface area (Å²) in [7, 11) is 0. The Morgan fingerprint density at radius 2 is 1.01 bits per heavy atom. The Kier molecular flexibility index (Phi) is 13.0. The summed E-state index contributed by atoms with van der Waals surface area (Å²) in [6.45, 7) is 11.1. The molecule has 376 valence electrons. The maximum absolute atomic E-state index is 7.14. The van der Waals surface area contributed by atoms with Crippen LogP contribution in [0.15, 0.2) is 243 Å². The number of anilines is 4. The molecule has 13 rings (SSSR count). The number of aromatic nitrogens is 2. The SMILES string of the molecule is Cc1cc(-n2c3[c-]c(Oc4[c-]c(N5[CH-]N(c6c(-c7ccccc7)cccc6-c6ccc(C(C)(C)C)cc6)c6ccccc65)ccc4)c(-c4ccccc4)cc3c3cc(-c4ccccc4)ccc32)ncc1-c1ccccc1.[Pt]. The second kappa shape index (κ2) is 20.4. The van der Waals surface area contributed by atoms with Crippen molar-refractivity contribution in [3.63, 3.8) is 0 Å². The van der Waals surface area contributed by atoms with Crippen molar-refractivity contribution >= 4 is 44.6 Å². The van der Waals surface area contributed by atoms with Gasteiger partial charge in [-0.15, -0.1) is 42.0 Å². The molecule has 0 spiro atoms. The van der Waals surface area contributed by atoms with Gasteiger partial charge in [0, 0.05) is 78.0 Å². The summed E-state index contributed by atoms with van der Waals surface area (Å²) in [6, 6.07) is 91.3. The predicted molar refractivity (Wildman–Crippen MR) is 315 cm³/mol. The Labute approximate surface area is 465 Å². The van der Waals surface area contributed by atoms with Crippen LogP contribution in [0.4, 0.5) is 22.7 Å². The number of nitrogens with zero attached hydrogens (tertiary/aromatic N) is 4. The van der Waals surface area contributed by atoms with Crippen molar-refractivity contribution in [1.82, 2.24) is 9.55 Å². The summed E-state index contributed by atoms with van der Waals surface area (Å²) in [6.07, 6.45) is 1.99. The van der Waals surface area contributed by atoms with Gasteiger partial charge in [-0.2, -0.15) is 12.1 Å². The zero-order chi connectivity index (χ0) is 51.3. The average Bonchev–Trinajstić information content (AvgIpc) is 4.11. The topological polar surface area (TPSA) is 33.5 Å². The Hall–Kier alpha value is -8.76. The van der Waals surface area contributed by atoms with Crippen LogP contribution in [0.1, 0.15) is 31.9 Å². The Morgan fingerprint density at radius 3 is 1.64 bits per heavy atom. The van der Waals surface area contributed by atoms with E-state index in [2.05, 4.69) is 273 Å². The van der Waals surface area contributed by atoms with Gasteiger partial charge in [0.25, 0.3) is 0 Å². The van der Waals surface area contributed by atoms with Crippen LogP contribution in [-0.4, -0.2) is 9.55 Å². The van der Waals surface area contributed by atoms with E-state index in [0.29, 0.717) is 11.5 Å². The van der Waals surface area contributed by atoms with Gasteiger partial charge in [0.15, 0.2) is 0 Å². The van der Waals surface area contributed by atoms with Crippen molar-refractivity contribution in [1.29, 1.82) is 0 Å². The van der Waals surface area contributed by atoms with Gasteiger partial charge in [-0.05, 0) is 80.9 Å². The fourth-order valence-corrected chi connectivity index (χ4v) is 10.8. The van der Waals surface area contributed by atoms with Gasteiger partial charge in [0.1, 0.15) is 5.82 Å². The zero-order valence-electron chi connectivity index (χ0n) is 43.2. The van der Waals surface area contributed by atoms with E-state index in [-0.39, 0.29) is 26.5 Å². The number of benzene rings is 10. The summed E-state index contributed by atoms with van der Waals surface area (Å²) < 4.78 is 9.37. The third kappa shape index (κ3) is 9.21. The summed E-state index contributed by atoms with van der Waals surface area (Å²) in [5, 5.41) is 2.15. The molecule has 0 fully saturated rings. The van der Waals surface area contributed by atoms with Gasteiger partial charge < -0.3 is 19.1 Å². The van der Waals surface area contributed by atoms with Gasteiger partial charge in [0.2, 0.25) is 0 Å². The largest absolute Gasteiger partial charge is 0.509 e. The van der Waals surface area contributed by atoms with Gasteiger partial charge in [-0.25, -0.2) is 4.98 Å². The van der Waals surface area contributed by atoms with Crippen molar-refractivity contribution in [2.75, 3.05) is 9.80 Å². The number of hydrogen-bond donors (Lipinski definition) is 0. The number of hydrogen-bond acceptors (Lipinski definition) is 4. The molecule has 3 heterocycles. The van der Waals surface area contributed by atoms with E-state index < -0.39 is 0 Å². The summed E-state index contributed by atoms with van der Waals surface area (Å²) in [5.41, 5.74) is 19.4. The fourth-order valence-electron chi connectivity index (χ4n) is 10.8. The quantitative estimate of drug-likeness (QED) is 0.128. The van der Waals surface area contributed by atoms with E-state index in [1.165, 1.54) is 5.56 Å². The van der Waals surface area contributed by atoms with Crippen molar-refractivity contribution in [2.45, 2.75) is 33.1 Å². The van der Waals surface area contributed by atoms with Crippen molar-refractivity contribution in [3.05, 3.63) is 273 Å². The normalized spacial score (nSPS) is 12.2. The number of ether oxygens (including phenoxy) is 1. The van der Waals surface area contributed by atoms with E-state index in [9.17, 15) is 0 Å². The zero-order valence-corrected chi connectivity index (χ0v) is 45.5. The number of rotatable bonds is 10. The Bertz CT molecular complexity index is 4090. The van der Waals surface area contributed by atoms with Gasteiger partial charge in [-0.3, -0.25) is 0 Å². The summed E-state index contributed by atoms with van der Waals surface area (Å²) >= 11 is 0. The Balaban J connectivity index is 0.00000596. The molecule has 0 bridgehead atoms. The molecular formula is C71H53N4OPt-3. The molecule has 0 N–H and O–H groups in total. The molecule has 0 atom stereocenters. The molecule has 2 aromatic heterocycles. The first kappa shape index (κ1) is 49.1. The molecule has 10 aromatic carbocycles. The van der Waals surface area contributed by atoms with E-state index in [4.69, 9.17) is 9.72 Å². The average molecular weight is 1170 g/mol. The molecule has 77 heavy (non-hydrogen) atoms. The first-order valence-electron chi connectivity index (χ1n) is 25.9. The molecule has 6 heteroatoms. The van der Waals surface area contributed by atoms with E-state index in [1.807, 2.05) is 30.5 Å². The third-order valence-corrected chi connectivity index (χ3v) is 14.7. The van der Waals surface area contributed by atoms with Crippen molar-refractivity contribution in [3.8, 4) is 73.0 Å². The third-order valence-electron chi connectivity index (χ3n) is 14.7. The molecule has 1 aliphatic heterocycles. The number of aryl methyl sites for hydroxylation is 1. The van der Waals surface area contributed by atoms with Crippen LogP contribution >= 0.6 is 0 Å². The number of para-hydroxylation sites is 3. The van der Waals surface area contributed by atoms with Crippen LogP contribution in [0.25, 0.3) is 83.3 Å². The maximum Gasteiger partial charge on any atom is 0.135 e. The minimum absolute atomic E-state index is 0. The van der Waals surface area contributed by atoms with Crippen molar-refractivity contribution < 1.29 is 25.8 Å². The Morgan fingerprint density at radius 1 is 0.468 bits per heavy atom. The molecule has 1 aliphatic rings. The molecule has 0 aliphatic carbocycles. The summed E-state index contributed by atoms with van der Waals surface area (Å²) in [5.74, 6) is 1.96. The van der Waals surface area contributed by atoms with E-state index >= 15 is 0 Å². The molecule has 0 saturated carbocycles. The second-order valence-electron chi connectivity index (χ2n) is 20.5. The van der Waals surface area contributed by atoms with Gasteiger partial charge in [-0.1, -0.05) is 225 Å². The first-order chi connectivity index (χ1) is 37.2. The monoisotopic (exact) mass is 1170 g/mol. The minimum atomic E-state index is 0. The number of fused-ring (bicyclic) bond motifs is 4. The summed E-state index contributed by atoms with van der Waals surface area (Å²) in [4.78, 5) is 9.73. The van der Waals surface area contributed by atoms with Gasteiger partial charge >= 0.3 is 0 Å². The fraction of sp³-hybridized carbons (Fsp3) is 0.0704. The molecule has 0 saturated heterocycles. The number of pyridine rings is 1. The van der Waals surface area contributed by atoms with Crippen molar-refractivity contribution in [2.24, 2.45) is 0 Å². The van der Waals surface area contributed by atoms with Crippen LogP contribution in [0.3, 0.4) is 0 Å². The van der Waals surface area contributed by atoms with Crippen LogP contribution in [0.2, 0.25) is 0 Å². The first-order valence-corrected chi connectivity index (χ1v) is 25.9. The minimum Gasteiger partial charge on any atom is -0.509 e. The molecule has 0 amide bonds. The van der Waals surface area contributed by atoms with Gasteiger partial charge in [0.05, 0.1) is 0 Å². The molecule has 5 nitrogen and oxygen atoms in total. The maximum atomic E-state index is 7.14. The van der Waals surface area contributed by atoms with Crippen LogP contribution in [0, 0.1) is 25.7 Å². The van der Waals surface area contributed by atoms with E-state index in [1.54, 1.807) is 0 Å². The predicted octanol–water partition coefficient (Wildman–Crippen LogP) is 18.9. The van der Waals surface area contributed by atoms with Crippen LogP contribution < -0.4 is 14.5 Å². The molecule has 0 unspecified atom stereocenters. The standard InChI is InChI=1S/C71H53N4O.Pt/c1-48-41-69(72-46-63(48)52-27-15-8-16-28-52)75-64-40-37-54(49-21-9-5-10-22-49)42-61(64)62-44-60(51-25-13-7-14-26-51)68(45-67(62)75)76-57-30-19-29-56(43-57)73-47-74(66-34-18-17-33-65(66)73)70-58(50-23-11-6-12-24-50)31-20-32-59(70)53-35-38-55(39-36-53)71(2,3)4;/h5-42,44,46-47H,1-4H3;/q-3;. The van der Waals surface area contributed by atoms with Crippen LogP contribution in [0.5, 0.6) is 11.5 Å². The van der Waals surface area contributed by atoms with Crippen LogP contribution in [-0.2, 0) is 26.5 Å². The second-order valence-corrected chi connectivity index (χ2v) is 20.5. The smallest absolute Gasteiger partial charge is 0.135 e. The van der Waals surface area contributed by atoms with E-state index in [0.717, 1.165) is 112 Å². The molecule has 12 aromatic rings. The molecule has 0 radical (unpaired) electrons. The molecular weight excluding hydrogens is 1120 g/mol.